The van der Waals surface area contributed by atoms with E-state index in [0.29, 0.717) is 12.2 Å². The number of nitrogens with zero attached hydrogens (tertiary/aromatic N) is 2. The van der Waals surface area contributed by atoms with Gasteiger partial charge in [-0.3, -0.25) is 14.5 Å². The third-order valence-corrected chi connectivity index (χ3v) is 4.12. The molecule has 2 amide bonds. The van der Waals surface area contributed by atoms with E-state index in [1.54, 1.807) is 24.3 Å². The molecule has 1 aliphatic heterocycles. The summed E-state index contributed by atoms with van der Waals surface area (Å²) in [4.78, 5) is 26.6. The fraction of sp³-hybridized carbons (Fsp3) is 0.438. The summed E-state index contributed by atoms with van der Waals surface area (Å²) in [5.74, 6) is -1.34. The quantitative estimate of drug-likeness (QED) is 0.345. The lowest BCUT2D eigenvalue weighted by atomic mass is 10.3. The molecule has 1 fully saturated rings. The summed E-state index contributed by atoms with van der Waals surface area (Å²) in [6, 6.07) is 6.74. The summed E-state index contributed by atoms with van der Waals surface area (Å²) >= 11 is 1.04. The van der Waals surface area contributed by atoms with Crippen LogP contribution >= 0.6 is 11.8 Å². The van der Waals surface area contributed by atoms with Gasteiger partial charge < -0.3 is 15.4 Å². The lowest BCUT2D eigenvalue weighted by Gasteiger charge is -2.26. The average Bonchev–Trinajstić information content (AvgIpc) is 2.61. The van der Waals surface area contributed by atoms with E-state index in [9.17, 15) is 9.59 Å². The van der Waals surface area contributed by atoms with Crippen LogP contribution in [0.3, 0.4) is 0 Å². The van der Waals surface area contributed by atoms with Crippen molar-refractivity contribution in [3.8, 4) is 5.40 Å². The van der Waals surface area contributed by atoms with Crippen molar-refractivity contribution in [2.45, 2.75) is 11.3 Å². The molecule has 1 aromatic carbocycles. The molecule has 0 aliphatic carbocycles. The second-order valence-electron chi connectivity index (χ2n) is 5.24. The highest BCUT2D eigenvalue weighted by Gasteiger charge is 2.14. The smallest absolute Gasteiger partial charge is 0.313 e. The number of nitriles is 1. The van der Waals surface area contributed by atoms with Crippen LogP contribution in [0.5, 0.6) is 0 Å². The van der Waals surface area contributed by atoms with E-state index in [1.807, 2.05) is 5.40 Å². The largest absolute Gasteiger partial charge is 0.379 e. The van der Waals surface area contributed by atoms with E-state index in [0.717, 1.165) is 55.9 Å². The molecule has 1 heterocycles. The van der Waals surface area contributed by atoms with Crippen molar-refractivity contribution in [2.24, 2.45) is 0 Å². The number of benzene rings is 1. The molecule has 7 nitrogen and oxygen atoms in total. The summed E-state index contributed by atoms with van der Waals surface area (Å²) in [6.07, 6.45) is 0.791. The average molecular weight is 348 g/mol. The highest BCUT2D eigenvalue weighted by molar-refractivity contribution is 8.03. The summed E-state index contributed by atoms with van der Waals surface area (Å²) in [6.45, 7) is 4.66. The standard InChI is InChI=1S/C16H20N4O3S/c17-12-24-14-4-2-13(3-5-14)19-16(22)15(21)18-6-1-7-20-8-10-23-11-9-20/h2-5H,1,6-11H2,(H,18,21)(H,19,22). The van der Waals surface area contributed by atoms with Crippen molar-refractivity contribution in [3.63, 3.8) is 0 Å². The van der Waals surface area contributed by atoms with Crippen LogP contribution in [0.4, 0.5) is 5.69 Å². The number of rotatable bonds is 6. The van der Waals surface area contributed by atoms with Gasteiger partial charge >= 0.3 is 11.8 Å². The number of hydrogen-bond acceptors (Lipinski definition) is 6. The van der Waals surface area contributed by atoms with Gasteiger partial charge in [-0.05, 0) is 49.0 Å². The normalized spacial score (nSPS) is 14.6. The van der Waals surface area contributed by atoms with Crippen molar-refractivity contribution < 1.29 is 14.3 Å². The van der Waals surface area contributed by atoms with Crippen molar-refractivity contribution in [3.05, 3.63) is 24.3 Å². The van der Waals surface area contributed by atoms with Crippen LogP contribution in [0, 0.1) is 10.7 Å². The second kappa shape index (κ2) is 9.93. The molecule has 0 aromatic heterocycles. The maximum atomic E-state index is 11.8. The third kappa shape index (κ3) is 6.20. The predicted octanol–water partition coefficient (Wildman–Crippen LogP) is 1.04. The molecule has 0 bridgehead atoms. The van der Waals surface area contributed by atoms with E-state index >= 15 is 0 Å². The number of ether oxygens (including phenoxy) is 1. The van der Waals surface area contributed by atoms with Gasteiger partial charge in [0, 0.05) is 30.2 Å². The van der Waals surface area contributed by atoms with Crippen LogP contribution < -0.4 is 10.6 Å². The summed E-state index contributed by atoms with van der Waals surface area (Å²) in [5.41, 5.74) is 0.519. The molecule has 1 saturated heterocycles. The zero-order valence-corrected chi connectivity index (χ0v) is 14.1. The first-order valence-electron chi connectivity index (χ1n) is 7.74. The fourth-order valence-electron chi connectivity index (χ4n) is 2.26. The number of thiocyanates is 1. The number of anilines is 1. The first kappa shape index (κ1) is 18.3. The summed E-state index contributed by atoms with van der Waals surface area (Å²) in [5, 5.41) is 15.7. The predicted molar refractivity (Wildman–Crippen MR) is 91.4 cm³/mol. The van der Waals surface area contributed by atoms with Crippen molar-refractivity contribution in [1.29, 1.82) is 5.26 Å². The van der Waals surface area contributed by atoms with Crippen molar-refractivity contribution in [2.75, 3.05) is 44.7 Å². The topological polar surface area (TPSA) is 94.5 Å². The van der Waals surface area contributed by atoms with E-state index in [2.05, 4.69) is 15.5 Å². The van der Waals surface area contributed by atoms with Gasteiger partial charge in [-0.2, -0.15) is 5.26 Å². The molecule has 128 valence electrons. The van der Waals surface area contributed by atoms with Crippen LogP contribution in [0.1, 0.15) is 6.42 Å². The van der Waals surface area contributed by atoms with Gasteiger partial charge in [0.25, 0.3) is 0 Å². The molecule has 0 radical (unpaired) electrons. The summed E-state index contributed by atoms with van der Waals surface area (Å²) < 4.78 is 5.27. The Balaban J connectivity index is 1.66. The molecule has 0 saturated carbocycles. The molecule has 2 rings (SSSR count). The Morgan fingerprint density at radius 3 is 2.58 bits per heavy atom. The molecule has 2 N–H and O–H groups in total. The molecule has 0 unspecified atom stereocenters. The SMILES string of the molecule is N#CSc1ccc(NC(=O)C(=O)NCCCN2CCOCC2)cc1. The molecule has 24 heavy (non-hydrogen) atoms. The molecule has 1 aromatic rings. The molecular formula is C16H20N4O3S. The number of morpholine rings is 1. The number of carbonyl (C=O) groups is 2. The Labute approximate surface area is 145 Å². The van der Waals surface area contributed by atoms with Crippen LogP contribution in [0.2, 0.25) is 0 Å². The Morgan fingerprint density at radius 2 is 1.92 bits per heavy atom. The lowest BCUT2D eigenvalue weighted by molar-refractivity contribution is -0.136. The van der Waals surface area contributed by atoms with Crippen LogP contribution in [-0.4, -0.2) is 56.1 Å². The monoisotopic (exact) mass is 348 g/mol. The minimum atomic E-state index is -0.693. The van der Waals surface area contributed by atoms with Gasteiger partial charge in [-0.25, -0.2) is 0 Å². The minimum absolute atomic E-state index is 0.460. The number of hydrogen-bond donors (Lipinski definition) is 2. The number of nitrogens with one attached hydrogen (secondary N) is 2. The van der Waals surface area contributed by atoms with Crippen LogP contribution in [0.25, 0.3) is 0 Å². The van der Waals surface area contributed by atoms with Gasteiger partial charge in [0.15, 0.2) is 0 Å². The zero-order chi connectivity index (χ0) is 17.2. The highest BCUT2D eigenvalue weighted by atomic mass is 32.2. The van der Waals surface area contributed by atoms with E-state index in [-0.39, 0.29) is 0 Å². The van der Waals surface area contributed by atoms with Crippen molar-refractivity contribution >= 4 is 29.3 Å². The van der Waals surface area contributed by atoms with Crippen LogP contribution in [0.15, 0.2) is 29.2 Å². The fourth-order valence-corrected chi connectivity index (χ4v) is 2.63. The highest BCUT2D eigenvalue weighted by Crippen LogP contribution is 2.18. The zero-order valence-electron chi connectivity index (χ0n) is 13.3. The van der Waals surface area contributed by atoms with Gasteiger partial charge in [0.2, 0.25) is 0 Å². The summed E-state index contributed by atoms with van der Waals surface area (Å²) in [7, 11) is 0. The first-order chi connectivity index (χ1) is 11.7. The van der Waals surface area contributed by atoms with E-state index < -0.39 is 11.8 Å². The molecule has 0 atom stereocenters. The Kier molecular flexibility index (Phi) is 7.55. The van der Waals surface area contributed by atoms with Gasteiger partial charge in [0.05, 0.1) is 13.2 Å². The maximum absolute atomic E-state index is 11.8. The molecule has 1 aliphatic rings. The van der Waals surface area contributed by atoms with Gasteiger partial charge in [-0.1, -0.05) is 0 Å². The Morgan fingerprint density at radius 1 is 1.21 bits per heavy atom. The van der Waals surface area contributed by atoms with Gasteiger partial charge in [-0.15, -0.1) is 0 Å². The molecule has 8 heteroatoms. The number of thioether (sulfide) groups is 1. The van der Waals surface area contributed by atoms with E-state index in [4.69, 9.17) is 10.00 Å². The van der Waals surface area contributed by atoms with Crippen LogP contribution in [-0.2, 0) is 14.3 Å². The molecule has 0 spiro atoms. The maximum Gasteiger partial charge on any atom is 0.313 e. The van der Waals surface area contributed by atoms with Gasteiger partial charge in [0.1, 0.15) is 5.40 Å². The van der Waals surface area contributed by atoms with Crippen molar-refractivity contribution in [1.82, 2.24) is 10.2 Å². The minimum Gasteiger partial charge on any atom is -0.379 e. The Hall–Kier alpha value is -2.08. The third-order valence-electron chi connectivity index (χ3n) is 3.52. The lowest BCUT2D eigenvalue weighted by Crippen LogP contribution is -2.39. The second-order valence-corrected chi connectivity index (χ2v) is 6.09. The number of carbonyl (C=O) groups excluding carboxylic acids is 2. The Bertz CT molecular complexity index is 594. The first-order valence-corrected chi connectivity index (χ1v) is 8.56. The molecular weight excluding hydrogens is 328 g/mol. The number of amides is 2. The van der Waals surface area contributed by atoms with E-state index in [1.165, 1.54) is 0 Å².